The number of para-hydroxylation sites is 2. The predicted octanol–water partition coefficient (Wildman–Crippen LogP) is 8.72. The lowest BCUT2D eigenvalue weighted by Gasteiger charge is -2.33. The molecule has 8 aromatic rings. The first-order chi connectivity index (χ1) is 24.5. The summed E-state index contributed by atoms with van der Waals surface area (Å²) >= 11 is 0. The van der Waals surface area contributed by atoms with Gasteiger partial charge in [-0.1, -0.05) is 116 Å². The third-order valence-corrected chi connectivity index (χ3v) is 13.9. The predicted molar refractivity (Wildman–Crippen MR) is 202 cm³/mol. The van der Waals surface area contributed by atoms with Gasteiger partial charge in [-0.15, -0.1) is 0 Å². The van der Waals surface area contributed by atoms with E-state index in [9.17, 15) is 5.11 Å². The fourth-order valence-electron chi connectivity index (χ4n) is 7.97. The molecule has 0 atom stereocenters. The monoisotopic (exact) mass is 661 g/mol. The van der Waals surface area contributed by atoms with Crippen molar-refractivity contribution < 1.29 is 14.4 Å². The molecule has 2 aliphatic heterocycles. The van der Waals surface area contributed by atoms with Crippen molar-refractivity contribution in [1.82, 2.24) is 9.55 Å². The third-order valence-electron chi connectivity index (χ3n) is 10.4. The van der Waals surface area contributed by atoms with Crippen LogP contribution in [-0.2, 0) is 0 Å². The van der Waals surface area contributed by atoms with Crippen LogP contribution in [0.4, 0.5) is 0 Å². The lowest BCUT2D eigenvalue weighted by Crippen LogP contribution is -2.57. The second-order valence-electron chi connectivity index (χ2n) is 13.5. The first-order valence-corrected chi connectivity index (χ1v) is 19.9. The Morgan fingerprint density at radius 2 is 1.24 bits per heavy atom. The maximum absolute atomic E-state index is 10.5. The van der Waals surface area contributed by atoms with Gasteiger partial charge >= 0.3 is 0 Å². The summed E-state index contributed by atoms with van der Waals surface area (Å²) in [6, 6.07) is 50.2. The molecule has 6 aromatic carbocycles. The smallest absolute Gasteiger partial charge is 0.269 e. The topological polar surface area (TPSA) is 51.2 Å². The summed E-state index contributed by atoms with van der Waals surface area (Å²) in [7, 11) is -2.18. The van der Waals surface area contributed by atoms with Gasteiger partial charge in [-0.2, -0.15) is 0 Å². The van der Waals surface area contributed by atoms with Gasteiger partial charge in [0.2, 0.25) is 5.88 Å². The number of pyridine rings is 1. The van der Waals surface area contributed by atoms with E-state index in [0.717, 1.165) is 16.9 Å². The van der Waals surface area contributed by atoms with Gasteiger partial charge in [0, 0.05) is 11.6 Å². The molecule has 0 saturated carbocycles. The molecule has 0 spiro atoms. The molecule has 0 unspecified atom stereocenters. The van der Waals surface area contributed by atoms with Gasteiger partial charge in [0.15, 0.2) is 0 Å². The Morgan fingerprint density at radius 3 is 1.98 bits per heavy atom. The highest BCUT2D eigenvalue weighted by molar-refractivity contribution is 7.02. The normalized spacial score (nSPS) is 13.2. The Labute approximate surface area is 291 Å². The summed E-state index contributed by atoms with van der Waals surface area (Å²) < 4.78 is 11.0. The van der Waals surface area contributed by atoms with Crippen molar-refractivity contribution in [2.24, 2.45) is 0 Å². The van der Waals surface area contributed by atoms with Gasteiger partial charge in [0.25, 0.3) is 6.33 Å². The molecule has 0 radical (unpaired) electrons. The van der Waals surface area contributed by atoms with Crippen molar-refractivity contribution >= 4 is 29.5 Å². The molecule has 238 valence electrons. The molecule has 6 heteroatoms. The second kappa shape index (κ2) is 10.6. The maximum Gasteiger partial charge on any atom is 0.269 e. The number of benzene rings is 6. The van der Waals surface area contributed by atoms with E-state index in [-0.39, 0.29) is 5.75 Å². The number of phenolic OH excluding ortho intramolecular Hbond substituents is 1. The van der Waals surface area contributed by atoms with Crippen LogP contribution in [0, 0.1) is 6.33 Å². The number of fused-ring (bicyclic) bond motifs is 9. The van der Waals surface area contributed by atoms with Crippen LogP contribution >= 0.6 is 0 Å². The number of aromatic hydroxyl groups is 1. The summed E-state index contributed by atoms with van der Waals surface area (Å²) in [6.07, 6.45) is 3.87. The lowest BCUT2D eigenvalue weighted by atomic mass is 9.89. The first kappa shape index (κ1) is 28.7. The third kappa shape index (κ3) is 4.12. The Hall–Kier alpha value is -6.24. The zero-order chi connectivity index (χ0) is 33.6. The van der Waals surface area contributed by atoms with E-state index in [0.29, 0.717) is 22.9 Å². The van der Waals surface area contributed by atoms with Crippen molar-refractivity contribution in [1.29, 1.82) is 0 Å². The minimum Gasteiger partial charge on any atom is -0.507 e. The zero-order valence-electron chi connectivity index (χ0n) is 27.6. The van der Waals surface area contributed by atoms with Crippen molar-refractivity contribution in [3.05, 3.63) is 152 Å². The second-order valence-corrected chi connectivity index (χ2v) is 17.8. The van der Waals surface area contributed by atoms with Gasteiger partial charge in [-0.3, -0.25) is 9.13 Å². The van der Waals surface area contributed by atoms with E-state index in [1.54, 1.807) is 12.1 Å². The molecule has 0 aliphatic carbocycles. The molecule has 2 aromatic heterocycles. The minimum atomic E-state index is -2.18. The number of imidazole rings is 1. The molecular weight excluding hydrogens is 631 g/mol. The summed E-state index contributed by atoms with van der Waals surface area (Å²) in [5.74, 6) is 1.34. The van der Waals surface area contributed by atoms with Crippen molar-refractivity contribution in [3.63, 3.8) is 0 Å². The van der Waals surface area contributed by atoms with Gasteiger partial charge < -0.3 is 9.84 Å². The van der Waals surface area contributed by atoms with Crippen molar-refractivity contribution in [3.8, 4) is 73.4 Å². The van der Waals surface area contributed by atoms with E-state index in [2.05, 4.69) is 132 Å². The molecular formula is C44H31N3O2Si. The van der Waals surface area contributed by atoms with Crippen LogP contribution in [0.1, 0.15) is 0 Å². The van der Waals surface area contributed by atoms with Crippen LogP contribution in [-0.4, -0.2) is 22.7 Å². The zero-order valence-corrected chi connectivity index (χ0v) is 28.6. The van der Waals surface area contributed by atoms with Gasteiger partial charge in [-0.25, -0.2) is 4.98 Å². The average molecular weight is 662 g/mol. The molecule has 50 heavy (non-hydrogen) atoms. The van der Waals surface area contributed by atoms with E-state index in [1.165, 1.54) is 49.3 Å². The Balaban J connectivity index is 1.21. The molecule has 1 N–H and O–H groups in total. The number of rotatable bonds is 3. The molecule has 10 rings (SSSR count). The highest BCUT2D eigenvalue weighted by Gasteiger charge is 2.38. The van der Waals surface area contributed by atoms with Gasteiger partial charge in [-0.05, 0) is 80.2 Å². The largest absolute Gasteiger partial charge is 0.507 e. The molecule has 0 amide bonds. The number of hydrogen-bond acceptors (Lipinski definition) is 3. The quantitative estimate of drug-likeness (QED) is 0.117. The molecule has 2 aliphatic rings. The van der Waals surface area contributed by atoms with E-state index < -0.39 is 8.07 Å². The first-order valence-electron chi connectivity index (χ1n) is 16.9. The summed E-state index contributed by atoms with van der Waals surface area (Å²) in [5, 5.41) is 13.2. The Kier molecular flexibility index (Phi) is 6.11. The fourth-order valence-corrected chi connectivity index (χ4v) is 10.9. The van der Waals surface area contributed by atoms with Crippen LogP contribution in [0.15, 0.2) is 146 Å². The summed E-state index contributed by atoms with van der Waals surface area (Å²) in [5.41, 5.74) is 13.0. The Morgan fingerprint density at radius 1 is 0.620 bits per heavy atom. The minimum absolute atomic E-state index is 0.184. The summed E-state index contributed by atoms with van der Waals surface area (Å²) in [6.45, 7) is 4.88. The van der Waals surface area contributed by atoms with E-state index >= 15 is 0 Å². The molecule has 4 heterocycles. The van der Waals surface area contributed by atoms with E-state index in [4.69, 9.17) is 9.72 Å². The van der Waals surface area contributed by atoms with Crippen LogP contribution in [0.5, 0.6) is 17.4 Å². The number of nitrogens with zero attached hydrogens (tertiary/aromatic N) is 3. The highest BCUT2D eigenvalue weighted by atomic mass is 28.3. The fraction of sp³-hybridized carbons (Fsp3) is 0.0455. The van der Waals surface area contributed by atoms with Crippen molar-refractivity contribution in [2.45, 2.75) is 13.1 Å². The number of phenols is 1. The van der Waals surface area contributed by atoms with Gasteiger partial charge in [0.1, 0.15) is 19.6 Å². The highest BCUT2D eigenvalue weighted by Crippen LogP contribution is 2.43. The molecule has 5 nitrogen and oxygen atoms in total. The van der Waals surface area contributed by atoms with Crippen molar-refractivity contribution in [2.75, 3.05) is 0 Å². The van der Waals surface area contributed by atoms with Crippen LogP contribution < -0.4 is 19.7 Å². The number of ether oxygens (including phenoxy) is 1. The van der Waals surface area contributed by atoms with Crippen LogP contribution in [0.25, 0.3) is 67.0 Å². The SMILES string of the molecule is C[Si]1(C)c2ccc(Oc3cccc(-c4ccccc4O)n3)cc2-n2[c-][n+]3c4c(ccc1c42)-c1ccccc1-c1ccccc1-c1ccccc1-3. The van der Waals surface area contributed by atoms with Crippen LogP contribution in [0.2, 0.25) is 13.1 Å². The lowest BCUT2D eigenvalue weighted by molar-refractivity contribution is -0.571. The average Bonchev–Trinajstić information content (AvgIpc) is 3.56. The van der Waals surface area contributed by atoms with E-state index in [1.807, 2.05) is 30.3 Å². The number of aromatic nitrogens is 3. The van der Waals surface area contributed by atoms with Crippen LogP contribution in [0.3, 0.4) is 0 Å². The summed E-state index contributed by atoms with van der Waals surface area (Å²) in [4.78, 5) is 4.75. The molecule has 0 bridgehead atoms. The molecule has 0 fully saturated rings. The molecule has 0 saturated heterocycles. The number of hydrogen-bond donors (Lipinski definition) is 1. The maximum atomic E-state index is 10.5. The Bertz CT molecular complexity index is 2690. The standard InChI is InChI=1S/C44H31N3O2Si/c1-50(2)40-24-22-28(49-42-21-11-18-36(45-42)35-17-8-10-20-39(35)48)26-38(40)47-27-46-37-19-9-7-16-33(37)31-14-5-3-12-29(31)30-13-4-6-15-32(30)34-23-25-41(50)44(47)43(34)46/h3-26,48H,1-2H3. The van der Waals surface area contributed by atoms with Gasteiger partial charge in [0.05, 0.1) is 28.1 Å².